The van der Waals surface area contributed by atoms with E-state index in [1.54, 1.807) is 0 Å². The van der Waals surface area contributed by atoms with Gasteiger partial charge in [0.1, 0.15) is 5.60 Å². The summed E-state index contributed by atoms with van der Waals surface area (Å²) < 4.78 is 5.46. The highest BCUT2D eigenvalue weighted by Crippen LogP contribution is 2.50. The van der Waals surface area contributed by atoms with Crippen molar-refractivity contribution < 1.29 is 14.6 Å². The molecule has 0 atom stereocenters. The number of carbonyl (C=O) groups is 1. The highest BCUT2D eigenvalue weighted by Gasteiger charge is 2.42. The van der Waals surface area contributed by atoms with E-state index >= 15 is 0 Å². The third kappa shape index (κ3) is 4.12. The zero-order chi connectivity index (χ0) is 15.7. The fraction of sp³-hybridized carbons (Fsp3) is 0.941. The third-order valence-electron chi connectivity index (χ3n) is 5.38. The first kappa shape index (κ1) is 16.6. The Labute approximate surface area is 128 Å². The van der Waals surface area contributed by atoms with Gasteiger partial charge in [0, 0.05) is 19.7 Å². The molecule has 2 rings (SSSR count). The van der Waals surface area contributed by atoms with Crippen LogP contribution in [-0.2, 0) is 4.74 Å². The summed E-state index contributed by atoms with van der Waals surface area (Å²) in [5.41, 5.74) is 0.0980. The molecule has 21 heavy (non-hydrogen) atoms. The smallest absolute Gasteiger partial charge is 0.410 e. The molecule has 2 aliphatic rings. The van der Waals surface area contributed by atoms with E-state index in [1.165, 1.54) is 12.8 Å². The number of piperidine rings is 1. The Morgan fingerprint density at radius 3 is 2.05 bits per heavy atom. The van der Waals surface area contributed by atoms with Gasteiger partial charge in [-0.25, -0.2) is 4.79 Å². The monoisotopic (exact) mass is 297 g/mol. The summed E-state index contributed by atoms with van der Waals surface area (Å²) >= 11 is 0. The van der Waals surface area contributed by atoms with E-state index in [-0.39, 0.29) is 11.5 Å². The van der Waals surface area contributed by atoms with Crippen LogP contribution in [-0.4, -0.2) is 41.4 Å². The lowest BCUT2D eigenvalue weighted by Crippen LogP contribution is -2.47. The summed E-state index contributed by atoms with van der Waals surface area (Å²) in [6.45, 7) is 9.84. The molecule has 0 unspecified atom stereocenters. The predicted molar refractivity (Wildman–Crippen MR) is 83.1 cm³/mol. The molecule has 0 aromatic heterocycles. The Hall–Kier alpha value is -0.770. The quantitative estimate of drug-likeness (QED) is 0.805. The van der Waals surface area contributed by atoms with Gasteiger partial charge in [0.15, 0.2) is 0 Å². The first-order valence-corrected chi connectivity index (χ1v) is 8.26. The number of aliphatic hydroxyl groups excluding tert-OH is 1. The minimum absolute atomic E-state index is 0.119. The van der Waals surface area contributed by atoms with E-state index in [9.17, 15) is 9.90 Å². The minimum Gasteiger partial charge on any atom is -0.444 e. The van der Waals surface area contributed by atoms with Crippen molar-refractivity contribution in [1.29, 1.82) is 0 Å². The molecule has 0 bridgehead atoms. The van der Waals surface area contributed by atoms with E-state index in [1.807, 2.05) is 25.7 Å². The van der Waals surface area contributed by atoms with E-state index in [2.05, 4.69) is 6.92 Å². The number of likely N-dealkylation sites (tertiary alicyclic amines) is 1. The molecule has 1 N–H and O–H groups in total. The van der Waals surface area contributed by atoms with E-state index < -0.39 is 5.60 Å². The Balaban J connectivity index is 1.85. The second-order valence-electron chi connectivity index (χ2n) is 8.44. The summed E-state index contributed by atoms with van der Waals surface area (Å²) in [4.78, 5) is 14.0. The van der Waals surface area contributed by atoms with Crippen LogP contribution in [0.15, 0.2) is 0 Å². The van der Waals surface area contributed by atoms with Gasteiger partial charge in [-0.1, -0.05) is 6.92 Å². The summed E-state index contributed by atoms with van der Waals surface area (Å²) in [6, 6.07) is 0. The van der Waals surface area contributed by atoms with Gasteiger partial charge in [-0.3, -0.25) is 0 Å². The Morgan fingerprint density at radius 1 is 1.10 bits per heavy atom. The molecule has 0 radical (unpaired) electrons. The van der Waals surface area contributed by atoms with Crippen LogP contribution in [0.5, 0.6) is 0 Å². The summed E-state index contributed by atoms with van der Waals surface area (Å²) in [6.07, 6.45) is 6.57. The molecule has 0 aromatic rings. The van der Waals surface area contributed by atoms with Gasteiger partial charge < -0.3 is 14.7 Å². The second-order valence-corrected chi connectivity index (χ2v) is 8.44. The molecule has 122 valence electrons. The Bertz CT molecular complexity index is 368. The summed E-state index contributed by atoms with van der Waals surface area (Å²) in [7, 11) is 0. The SMILES string of the molecule is CC1(CO)CCC2(CCN(C(=O)OC(C)(C)C)CC2)CC1. The van der Waals surface area contributed by atoms with Crippen molar-refractivity contribution in [1.82, 2.24) is 4.90 Å². The van der Waals surface area contributed by atoms with Gasteiger partial charge in [-0.2, -0.15) is 0 Å². The Kier molecular flexibility index (Phi) is 4.57. The molecule has 2 fully saturated rings. The van der Waals surface area contributed by atoms with E-state index in [0.717, 1.165) is 38.8 Å². The van der Waals surface area contributed by atoms with E-state index in [0.29, 0.717) is 12.0 Å². The number of amides is 1. The molecule has 4 heteroatoms. The molecule has 1 heterocycles. The molecule has 1 aliphatic carbocycles. The van der Waals surface area contributed by atoms with Crippen LogP contribution in [0.2, 0.25) is 0 Å². The molecule has 1 saturated heterocycles. The largest absolute Gasteiger partial charge is 0.444 e. The van der Waals surface area contributed by atoms with Crippen molar-refractivity contribution in [2.24, 2.45) is 10.8 Å². The van der Waals surface area contributed by atoms with Crippen molar-refractivity contribution in [3.8, 4) is 0 Å². The summed E-state index contributed by atoms with van der Waals surface area (Å²) in [5, 5.41) is 9.49. The zero-order valence-corrected chi connectivity index (χ0v) is 14.1. The van der Waals surface area contributed by atoms with Crippen LogP contribution >= 0.6 is 0 Å². The lowest BCUT2D eigenvalue weighted by atomic mass is 9.61. The van der Waals surface area contributed by atoms with Crippen molar-refractivity contribution >= 4 is 6.09 Å². The maximum absolute atomic E-state index is 12.1. The standard InChI is InChI=1S/C17H31NO3/c1-15(2,3)21-14(20)18-11-9-17(10-12-18)7-5-16(4,13-19)6-8-17/h19H,5-13H2,1-4H3. The van der Waals surface area contributed by atoms with Gasteiger partial charge in [0.05, 0.1) is 0 Å². The van der Waals surface area contributed by atoms with Crippen molar-refractivity contribution in [2.75, 3.05) is 19.7 Å². The van der Waals surface area contributed by atoms with E-state index in [4.69, 9.17) is 4.74 Å². The van der Waals surface area contributed by atoms with Crippen LogP contribution in [0.25, 0.3) is 0 Å². The van der Waals surface area contributed by atoms with Gasteiger partial charge in [-0.15, -0.1) is 0 Å². The van der Waals surface area contributed by atoms with Gasteiger partial charge in [0.2, 0.25) is 0 Å². The highest BCUT2D eigenvalue weighted by atomic mass is 16.6. The molecular formula is C17H31NO3. The average molecular weight is 297 g/mol. The van der Waals surface area contributed by atoms with Gasteiger partial charge in [-0.05, 0) is 70.1 Å². The normalized spacial score (nSPS) is 24.9. The number of hydrogen-bond donors (Lipinski definition) is 1. The minimum atomic E-state index is -0.417. The number of carbonyl (C=O) groups excluding carboxylic acids is 1. The number of ether oxygens (including phenoxy) is 1. The van der Waals surface area contributed by atoms with Gasteiger partial charge in [0.25, 0.3) is 0 Å². The molecular weight excluding hydrogens is 266 g/mol. The van der Waals surface area contributed by atoms with Crippen molar-refractivity contribution in [3.63, 3.8) is 0 Å². The predicted octanol–water partition coefficient (Wildman–Crippen LogP) is 3.58. The molecule has 4 nitrogen and oxygen atoms in total. The van der Waals surface area contributed by atoms with Crippen LogP contribution < -0.4 is 0 Å². The Morgan fingerprint density at radius 2 is 1.62 bits per heavy atom. The molecule has 1 amide bonds. The molecule has 1 aliphatic heterocycles. The number of rotatable bonds is 1. The third-order valence-corrected chi connectivity index (χ3v) is 5.38. The fourth-order valence-corrected chi connectivity index (χ4v) is 3.53. The average Bonchev–Trinajstić information content (AvgIpc) is 2.42. The number of hydrogen-bond acceptors (Lipinski definition) is 3. The fourth-order valence-electron chi connectivity index (χ4n) is 3.53. The summed E-state index contributed by atoms with van der Waals surface area (Å²) in [5.74, 6) is 0. The molecule has 1 spiro atoms. The maximum atomic E-state index is 12.1. The molecule has 1 saturated carbocycles. The highest BCUT2D eigenvalue weighted by molar-refractivity contribution is 5.68. The maximum Gasteiger partial charge on any atom is 0.410 e. The zero-order valence-electron chi connectivity index (χ0n) is 14.1. The second kappa shape index (κ2) is 5.79. The topological polar surface area (TPSA) is 49.8 Å². The number of aliphatic hydroxyl groups is 1. The van der Waals surface area contributed by atoms with Gasteiger partial charge >= 0.3 is 6.09 Å². The lowest BCUT2D eigenvalue weighted by molar-refractivity contribution is -0.0145. The van der Waals surface area contributed by atoms with Crippen molar-refractivity contribution in [2.45, 2.75) is 71.8 Å². The van der Waals surface area contributed by atoms with Crippen molar-refractivity contribution in [3.05, 3.63) is 0 Å². The van der Waals surface area contributed by atoms with Crippen LogP contribution in [0.4, 0.5) is 4.79 Å². The lowest BCUT2D eigenvalue weighted by Gasteiger charge is -2.48. The first-order valence-electron chi connectivity index (χ1n) is 8.26. The van der Waals surface area contributed by atoms with Crippen LogP contribution in [0.1, 0.15) is 66.2 Å². The first-order chi connectivity index (χ1) is 9.67. The van der Waals surface area contributed by atoms with Crippen LogP contribution in [0.3, 0.4) is 0 Å². The molecule has 0 aromatic carbocycles. The van der Waals surface area contributed by atoms with Crippen LogP contribution in [0, 0.1) is 10.8 Å². The number of nitrogens with zero attached hydrogens (tertiary/aromatic N) is 1.